The average molecular weight is 331 g/mol. The van der Waals surface area contributed by atoms with Gasteiger partial charge in [0.15, 0.2) is 0 Å². The maximum atomic E-state index is 11.2. The van der Waals surface area contributed by atoms with E-state index in [4.69, 9.17) is 16.7 Å². The Labute approximate surface area is 124 Å². The zero-order valence-electron chi connectivity index (χ0n) is 10.4. The van der Waals surface area contributed by atoms with Crippen LogP contribution in [0.25, 0.3) is 0 Å². The number of rotatable bonds is 3. The van der Waals surface area contributed by atoms with E-state index < -0.39 is 5.91 Å². The molecule has 0 aliphatic heterocycles. The van der Waals surface area contributed by atoms with Gasteiger partial charge >= 0.3 is 0 Å². The summed E-state index contributed by atoms with van der Waals surface area (Å²) in [5.74, 6) is -0.579. The molecule has 0 saturated heterocycles. The van der Waals surface area contributed by atoms with Gasteiger partial charge in [0.05, 0.1) is 22.9 Å². The second-order valence-electron chi connectivity index (χ2n) is 4.10. The van der Waals surface area contributed by atoms with Gasteiger partial charge in [0.2, 0.25) is 0 Å². The minimum Gasteiger partial charge on any atom is -0.398 e. The smallest absolute Gasteiger partial charge is 0.250 e. The lowest BCUT2D eigenvalue weighted by Crippen LogP contribution is -2.13. The predicted octanol–water partition coefficient (Wildman–Crippen LogP) is 2.75. The van der Waals surface area contributed by atoms with Crippen LogP contribution in [-0.4, -0.2) is 5.91 Å². The van der Waals surface area contributed by atoms with Crippen LogP contribution in [0.3, 0.4) is 0 Å². The second-order valence-corrected chi connectivity index (χ2v) is 4.95. The van der Waals surface area contributed by atoms with E-state index in [1.165, 1.54) is 0 Å². The van der Waals surface area contributed by atoms with Crippen molar-refractivity contribution < 1.29 is 4.79 Å². The maximum Gasteiger partial charge on any atom is 0.250 e. The highest BCUT2D eigenvalue weighted by Crippen LogP contribution is 2.28. The van der Waals surface area contributed by atoms with Crippen LogP contribution in [0.1, 0.15) is 15.9 Å². The second kappa shape index (κ2) is 5.63. The van der Waals surface area contributed by atoms with Gasteiger partial charge in [-0.2, -0.15) is 5.26 Å². The average Bonchev–Trinajstić information content (AvgIpc) is 2.42. The SMILES string of the molecule is N#Cc1ccc(Nc2ccc(N)c(C(N)=O)c2)c(Br)c1. The molecule has 0 spiro atoms. The lowest BCUT2D eigenvalue weighted by Gasteiger charge is -2.11. The third-order valence-electron chi connectivity index (χ3n) is 2.70. The highest BCUT2D eigenvalue weighted by atomic mass is 79.9. The van der Waals surface area contributed by atoms with Crippen LogP contribution in [0.15, 0.2) is 40.9 Å². The number of nitrogens with one attached hydrogen (secondary N) is 1. The fourth-order valence-electron chi connectivity index (χ4n) is 1.69. The van der Waals surface area contributed by atoms with Gasteiger partial charge in [0.25, 0.3) is 5.91 Å². The number of hydrogen-bond acceptors (Lipinski definition) is 4. The summed E-state index contributed by atoms with van der Waals surface area (Å²) in [5.41, 5.74) is 13.5. The lowest BCUT2D eigenvalue weighted by molar-refractivity contribution is 0.100. The fourth-order valence-corrected chi connectivity index (χ4v) is 2.17. The molecule has 0 saturated carbocycles. The first-order valence-electron chi connectivity index (χ1n) is 5.67. The minimum atomic E-state index is -0.579. The minimum absolute atomic E-state index is 0.264. The first-order valence-corrected chi connectivity index (χ1v) is 6.46. The number of halogens is 1. The van der Waals surface area contributed by atoms with Crippen LogP contribution in [0.2, 0.25) is 0 Å². The van der Waals surface area contributed by atoms with Gasteiger partial charge in [0.1, 0.15) is 0 Å². The first kappa shape index (κ1) is 13.9. The number of carbonyl (C=O) groups is 1. The van der Waals surface area contributed by atoms with Crippen molar-refractivity contribution in [2.75, 3.05) is 11.1 Å². The summed E-state index contributed by atoms with van der Waals surface area (Å²) in [4.78, 5) is 11.2. The van der Waals surface area contributed by atoms with E-state index in [1.807, 2.05) is 0 Å². The number of nitriles is 1. The summed E-state index contributed by atoms with van der Waals surface area (Å²) in [6, 6.07) is 12.2. The Bertz CT molecular complexity index is 722. The molecule has 0 heterocycles. The Morgan fingerprint density at radius 2 is 2.00 bits per heavy atom. The molecule has 2 aromatic carbocycles. The standard InChI is InChI=1S/C14H11BrN4O/c15-11-5-8(7-16)1-4-13(11)19-9-2-3-12(17)10(6-9)14(18)20/h1-6,19H,17H2,(H2,18,20). The number of primary amides is 1. The van der Waals surface area contributed by atoms with Gasteiger partial charge in [-0.15, -0.1) is 0 Å². The van der Waals surface area contributed by atoms with Crippen molar-refractivity contribution in [2.45, 2.75) is 0 Å². The Balaban J connectivity index is 2.33. The third-order valence-corrected chi connectivity index (χ3v) is 3.35. The predicted molar refractivity (Wildman–Crippen MR) is 81.5 cm³/mol. The fraction of sp³-hybridized carbons (Fsp3) is 0. The highest BCUT2D eigenvalue weighted by molar-refractivity contribution is 9.10. The van der Waals surface area contributed by atoms with Gasteiger partial charge in [-0.1, -0.05) is 0 Å². The summed E-state index contributed by atoms with van der Waals surface area (Å²) in [6.45, 7) is 0. The summed E-state index contributed by atoms with van der Waals surface area (Å²) in [6.07, 6.45) is 0. The normalized spacial score (nSPS) is 9.80. The number of carbonyl (C=O) groups excluding carboxylic acids is 1. The van der Waals surface area contributed by atoms with E-state index in [1.54, 1.807) is 36.4 Å². The van der Waals surface area contributed by atoms with E-state index in [0.29, 0.717) is 16.9 Å². The topological polar surface area (TPSA) is 105 Å². The highest BCUT2D eigenvalue weighted by Gasteiger charge is 2.08. The largest absolute Gasteiger partial charge is 0.398 e. The summed E-state index contributed by atoms with van der Waals surface area (Å²) >= 11 is 3.38. The molecule has 100 valence electrons. The summed E-state index contributed by atoms with van der Waals surface area (Å²) in [7, 11) is 0. The van der Waals surface area contributed by atoms with Gasteiger partial charge in [0, 0.05) is 15.8 Å². The van der Waals surface area contributed by atoms with E-state index in [0.717, 1.165) is 10.2 Å². The Morgan fingerprint density at radius 1 is 1.25 bits per heavy atom. The molecule has 0 bridgehead atoms. The quantitative estimate of drug-likeness (QED) is 0.752. The Morgan fingerprint density at radius 3 is 2.60 bits per heavy atom. The monoisotopic (exact) mass is 330 g/mol. The number of nitrogens with zero attached hydrogens (tertiary/aromatic N) is 1. The van der Waals surface area contributed by atoms with E-state index in [9.17, 15) is 4.79 Å². The number of amides is 1. The number of nitrogen functional groups attached to an aromatic ring is 1. The molecule has 0 unspecified atom stereocenters. The molecule has 1 amide bonds. The van der Waals surface area contributed by atoms with Crippen molar-refractivity contribution >= 4 is 38.9 Å². The molecule has 0 radical (unpaired) electrons. The van der Waals surface area contributed by atoms with Crippen LogP contribution in [0.4, 0.5) is 17.1 Å². The Kier molecular flexibility index (Phi) is 3.91. The number of nitrogens with two attached hydrogens (primary N) is 2. The van der Waals surface area contributed by atoms with Crippen molar-refractivity contribution in [3.63, 3.8) is 0 Å². The first-order chi connectivity index (χ1) is 9.51. The zero-order valence-corrected chi connectivity index (χ0v) is 11.9. The van der Waals surface area contributed by atoms with Gasteiger partial charge in [-0.05, 0) is 52.3 Å². The molecule has 2 aromatic rings. The molecule has 2 rings (SSSR count). The van der Waals surface area contributed by atoms with E-state index in [2.05, 4.69) is 27.3 Å². The maximum absolute atomic E-state index is 11.2. The molecule has 5 nitrogen and oxygen atoms in total. The van der Waals surface area contributed by atoms with Crippen molar-refractivity contribution in [2.24, 2.45) is 5.73 Å². The molecule has 0 aliphatic carbocycles. The van der Waals surface area contributed by atoms with Crippen molar-refractivity contribution in [3.8, 4) is 6.07 Å². The van der Waals surface area contributed by atoms with Crippen LogP contribution in [0, 0.1) is 11.3 Å². The van der Waals surface area contributed by atoms with E-state index >= 15 is 0 Å². The van der Waals surface area contributed by atoms with Gasteiger partial charge < -0.3 is 16.8 Å². The van der Waals surface area contributed by atoms with E-state index in [-0.39, 0.29) is 5.56 Å². The number of benzene rings is 2. The summed E-state index contributed by atoms with van der Waals surface area (Å²) < 4.78 is 0.744. The molecular weight excluding hydrogens is 320 g/mol. The van der Waals surface area contributed by atoms with Crippen molar-refractivity contribution in [1.29, 1.82) is 5.26 Å². The van der Waals surface area contributed by atoms with Crippen LogP contribution >= 0.6 is 15.9 Å². The molecular formula is C14H11BrN4O. The zero-order chi connectivity index (χ0) is 14.7. The molecule has 0 aliphatic rings. The van der Waals surface area contributed by atoms with Crippen LogP contribution in [-0.2, 0) is 0 Å². The molecule has 0 fully saturated rings. The summed E-state index contributed by atoms with van der Waals surface area (Å²) in [5, 5.41) is 11.9. The van der Waals surface area contributed by atoms with Gasteiger partial charge in [-0.3, -0.25) is 4.79 Å². The molecule has 0 atom stereocenters. The molecule has 20 heavy (non-hydrogen) atoms. The molecule has 5 N–H and O–H groups in total. The molecule has 6 heteroatoms. The number of anilines is 3. The van der Waals surface area contributed by atoms with Crippen LogP contribution in [0.5, 0.6) is 0 Å². The van der Waals surface area contributed by atoms with Crippen molar-refractivity contribution in [3.05, 3.63) is 52.0 Å². The Hall–Kier alpha value is -2.52. The van der Waals surface area contributed by atoms with Crippen LogP contribution < -0.4 is 16.8 Å². The lowest BCUT2D eigenvalue weighted by atomic mass is 10.1. The number of hydrogen-bond donors (Lipinski definition) is 3. The molecule has 0 aromatic heterocycles. The third kappa shape index (κ3) is 2.90. The van der Waals surface area contributed by atoms with Gasteiger partial charge in [-0.25, -0.2) is 0 Å². The van der Waals surface area contributed by atoms with Crippen molar-refractivity contribution in [1.82, 2.24) is 0 Å².